The van der Waals surface area contributed by atoms with Crippen molar-refractivity contribution in [3.8, 4) is 0 Å². The molecule has 130 valence electrons. The fourth-order valence-corrected chi connectivity index (χ4v) is 8.32. The average Bonchev–Trinajstić information content (AvgIpc) is 2.76. The Morgan fingerprint density at radius 2 is 1.70 bits per heavy atom. The van der Waals surface area contributed by atoms with Crippen molar-refractivity contribution in [3.05, 3.63) is 0 Å². The molecule has 4 nitrogen and oxygen atoms in total. The van der Waals surface area contributed by atoms with E-state index in [-0.39, 0.29) is 29.4 Å². The fraction of sp³-hybridized carbons (Fsp3) is 0.944. The van der Waals surface area contributed by atoms with Crippen LogP contribution < -0.4 is 5.32 Å². The van der Waals surface area contributed by atoms with Crippen molar-refractivity contribution in [2.75, 3.05) is 11.5 Å². The number of sulfone groups is 1. The number of amides is 1. The van der Waals surface area contributed by atoms with Gasteiger partial charge in [-0.2, -0.15) is 0 Å². The van der Waals surface area contributed by atoms with Crippen LogP contribution in [0.1, 0.15) is 58.3 Å². The topological polar surface area (TPSA) is 63.2 Å². The van der Waals surface area contributed by atoms with Gasteiger partial charge in [0.05, 0.1) is 11.5 Å². The highest BCUT2D eigenvalue weighted by Gasteiger charge is 2.53. The molecule has 0 spiro atoms. The van der Waals surface area contributed by atoms with E-state index in [0.29, 0.717) is 18.3 Å². The molecule has 5 aliphatic rings. The summed E-state index contributed by atoms with van der Waals surface area (Å²) in [7, 11) is -2.89. The van der Waals surface area contributed by atoms with Gasteiger partial charge in [-0.25, -0.2) is 8.42 Å². The highest BCUT2D eigenvalue weighted by Crippen LogP contribution is 2.61. The molecule has 0 aromatic heterocycles. The van der Waals surface area contributed by atoms with E-state index >= 15 is 0 Å². The third-order valence-corrected chi connectivity index (χ3v) is 9.02. The first-order valence-corrected chi connectivity index (χ1v) is 11.2. The molecular formula is C18H29NO3S. The molecule has 23 heavy (non-hydrogen) atoms. The predicted molar refractivity (Wildman–Crippen MR) is 89.6 cm³/mol. The summed E-state index contributed by atoms with van der Waals surface area (Å²) in [6.07, 6.45) is 9.16. The third-order valence-electron chi connectivity index (χ3n) is 7.18. The molecule has 1 saturated heterocycles. The van der Waals surface area contributed by atoms with E-state index in [1.165, 1.54) is 38.5 Å². The van der Waals surface area contributed by atoms with E-state index in [0.717, 1.165) is 17.8 Å². The van der Waals surface area contributed by atoms with Crippen LogP contribution in [-0.4, -0.2) is 31.9 Å². The maximum absolute atomic E-state index is 12.4. The van der Waals surface area contributed by atoms with E-state index in [4.69, 9.17) is 0 Å². The molecule has 5 fully saturated rings. The quantitative estimate of drug-likeness (QED) is 0.856. The lowest BCUT2D eigenvalue weighted by Gasteiger charge is -2.59. The number of hydrogen-bond acceptors (Lipinski definition) is 3. The molecule has 1 amide bonds. The number of hydrogen-bond donors (Lipinski definition) is 1. The molecule has 4 aliphatic carbocycles. The van der Waals surface area contributed by atoms with Crippen molar-refractivity contribution in [1.29, 1.82) is 0 Å². The summed E-state index contributed by atoms with van der Waals surface area (Å²) in [5, 5.41) is 3.26. The van der Waals surface area contributed by atoms with E-state index in [1.807, 2.05) is 0 Å². The largest absolute Gasteiger partial charge is 0.353 e. The fourth-order valence-electron chi connectivity index (χ4n) is 6.46. The van der Waals surface area contributed by atoms with E-state index < -0.39 is 9.84 Å². The van der Waals surface area contributed by atoms with E-state index in [1.54, 1.807) is 0 Å². The second-order valence-electron chi connectivity index (χ2n) is 9.04. The summed E-state index contributed by atoms with van der Waals surface area (Å²) in [5.41, 5.74) is 0.326. The normalized spacial score (nSPS) is 45.1. The maximum atomic E-state index is 12.4. The summed E-state index contributed by atoms with van der Waals surface area (Å²) in [6.45, 7) is 2.19. The predicted octanol–water partition coefficient (Wildman–Crippen LogP) is 2.53. The molecule has 1 heterocycles. The lowest BCUT2D eigenvalue weighted by atomic mass is 9.48. The van der Waals surface area contributed by atoms with Gasteiger partial charge in [0.2, 0.25) is 5.91 Å². The SMILES string of the molecule is CC(NC(=O)CC1CCS(=O)(=O)C1)C12CC3CC(CC(C3)C1)C2. The summed E-state index contributed by atoms with van der Waals surface area (Å²) >= 11 is 0. The van der Waals surface area contributed by atoms with Gasteiger partial charge in [0.1, 0.15) is 0 Å². The van der Waals surface area contributed by atoms with Crippen LogP contribution in [-0.2, 0) is 14.6 Å². The zero-order valence-corrected chi connectivity index (χ0v) is 14.9. The Balaban J connectivity index is 1.36. The Hall–Kier alpha value is -0.580. The minimum absolute atomic E-state index is 0.0311. The standard InChI is InChI=1S/C18H29NO3S/c1-12(19-17(20)7-13-2-3-23(21,22)11-13)18-8-14-4-15(9-18)6-16(5-14)10-18/h12-16H,2-11H2,1H3,(H,19,20). The first-order chi connectivity index (χ1) is 10.8. The molecule has 5 rings (SSSR count). The van der Waals surface area contributed by atoms with Crippen molar-refractivity contribution in [1.82, 2.24) is 5.32 Å². The smallest absolute Gasteiger partial charge is 0.220 e. The molecule has 2 unspecified atom stereocenters. The zero-order valence-electron chi connectivity index (χ0n) is 14.1. The van der Waals surface area contributed by atoms with Gasteiger partial charge in [-0.3, -0.25) is 4.79 Å². The van der Waals surface area contributed by atoms with Gasteiger partial charge in [0.25, 0.3) is 0 Å². The zero-order chi connectivity index (χ0) is 16.2. The molecule has 4 bridgehead atoms. The molecule has 0 aromatic rings. The Morgan fingerprint density at radius 3 is 2.17 bits per heavy atom. The van der Waals surface area contributed by atoms with Gasteiger partial charge in [-0.1, -0.05) is 0 Å². The molecule has 1 aliphatic heterocycles. The van der Waals surface area contributed by atoms with Crippen molar-refractivity contribution < 1.29 is 13.2 Å². The summed E-state index contributed by atoms with van der Waals surface area (Å²) < 4.78 is 23.1. The highest BCUT2D eigenvalue weighted by molar-refractivity contribution is 7.91. The van der Waals surface area contributed by atoms with Gasteiger partial charge in [-0.15, -0.1) is 0 Å². The molecular weight excluding hydrogens is 310 g/mol. The molecule has 2 atom stereocenters. The van der Waals surface area contributed by atoms with Crippen LogP contribution >= 0.6 is 0 Å². The Kier molecular flexibility index (Phi) is 3.78. The second kappa shape index (κ2) is 5.47. The molecule has 0 aromatic carbocycles. The van der Waals surface area contributed by atoms with Crippen LogP contribution in [0.3, 0.4) is 0 Å². The van der Waals surface area contributed by atoms with Crippen molar-refractivity contribution >= 4 is 15.7 Å². The lowest BCUT2D eigenvalue weighted by Crippen LogP contribution is -2.55. The van der Waals surface area contributed by atoms with Crippen LogP contribution in [0.2, 0.25) is 0 Å². The van der Waals surface area contributed by atoms with Gasteiger partial charge < -0.3 is 5.32 Å². The Bertz CT molecular complexity index is 562. The monoisotopic (exact) mass is 339 g/mol. The van der Waals surface area contributed by atoms with Gasteiger partial charge in [0.15, 0.2) is 9.84 Å². The highest BCUT2D eigenvalue weighted by atomic mass is 32.2. The number of nitrogens with one attached hydrogen (secondary N) is 1. The Morgan fingerprint density at radius 1 is 1.13 bits per heavy atom. The summed E-state index contributed by atoms with van der Waals surface area (Å²) in [6, 6.07) is 0.237. The lowest BCUT2D eigenvalue weighted by molar-refractivity contribution is -0.126. The molecule has 1 N–H and O–H groups in total. The number of carbonyl (C=O) groups is 1. The van der Waals surface area contributed by atoms with Crippen LogP contribution in [0.4, 0.5) is 0 Å². The van der Waals surface area contributed by atoms with Crippen molar-refractivity contribution in [2.45, 2.75) is 64.3 Å². The third kappa shape index (κ3) is 3.06. The van der Waals surface area contributed by atoms with E-state index in [2.05, 4.69) is 12.2 Å². The van der Waals surface area contributed by atoms with Crippen LogP contribution in [0.25, 0.3) is 0 Å². The first-order valence-electron chi connectivity index (χ1n) is 9.33. The van der Waals surface area contributed by atoms with Crippen LogP contribution in [0, 0.1) is 29.1 Å². The van der Waals surface area contributed by atoms with Crippen molar-refractivity contribution in [2.24, 2.45) is 29.1 Å². The summed E-state index contributed by atoms with van der Waals surface area (Å²) in [4.78, 5) is 12.4. The minimum Gasteiger partial charge on any atom is -0.353 e. The maximum Gasteiger partial charge on any atom is 0.220 e. The van der Waals surface area contributed by atoms with Crippen LogP contribution in [0.15, 0.2) is 0 Å². The number of carbonyl (C=O) groups excluding carboxylic acids is 1. The van der Waals surface area contributed by atoms with Gasteiger partial charge in [-0.05, 0) is 81.0 Å². The minimum atomic E-state index is -2.89. The molecule has 4 saturated carbocycles. The molecule has 0 radical (unpaired) electrons. The Labute approximate surface area is 139 Å². The van der Waals surface area contributed by atoms with E-state index in [9.17, 15) is 13.2 Å². The average molecular weight is 340 g/mol. The summed E-state index contributed by atoms with van der Waals surface area (Å²) in [5.74, 6) is 3.22. The van der Waals surface area contributed by atoms with Crippen molar-refractivity contribution in [3.63, 3.8) is 0 Å². The van der Waals surface area contributed by atoms with Gasteiger partial charge >= 0.3 is 0 Å². The molecule has 5 heteroatoms. The first kappa shape index (κ1) is 15.9. The van der Waals surface area contributed by atoms with Gasteiger partial charge in [0, 0.05) is 12.5 Å². The number of rotatable bonds is 4. The van der Waals surface area contributed by atoms with Crippen LogP contribution in [0.5, 0.6) is 0 Å². The second-order valence-corrected chi connectivity index (χ2v) is 11.3.